The van der Waals surface area contributed by atoms with Crippen LogP contribution in [0.25, 0.3) is 0 Å². The van der Waals surface area contributed by atoms with Crippen LogP contribution in [0.2, 0.25) is 0 Å². The van der Waals surface area contributed by atoms with Crippen molar-refractivity contribution in [1.82, 2.24) is 0 Å². The Labute approximate surface area is 60.8 Å². The maximum absolute atomic E-state index is 4.76. The third-order valence-electron chi connectivity index (χ3n) is 0.366. The highest BCUT2D eigenvalue weighted by molar-refractivity contribution is 5.75. The summed E-state index contributed by atoms with van der Waals surface area (Å²) in [5.41, 5.74) is -0.242. The van der Waals surface area contributed by atoms with Crippen molar-refractivity contribution >= 4 is 11.0 Å². The second-order valence-corrected chi connectivity index (χ2v) is 2.46. The molecule has 0 N–H and O–H groups in total. The van der Waals surface area contributed by atoms with Crippen molar-refractivity contribution in [3.05, 3.63) is 12.8 Å². The van der Waals surface area contributed by atoms with Gasteiger partial charge >= 0.3 is 0 Å². The van der Waals surface area contributed by atoms with E-state index in [0.717, 1.165) is 0 Å². The Balaban J connectivity index is 0. The molecule has 0 aromatic heterocycles. The van der Waals surface area contributed by atoms with Crippen LogP contribution in [0.15, 0.2) is 12.8 Å². The molecule has 0 aliphatic carbocycles. The summed E-state index contributed by atoms with van der Waals surface area (Å²) in [6.07, 6.45) is 1.26. The van der Waals surface area contributed by atoms with Crippen LogP contribution in [0, 0.1) is 0 Å². The van der Waals surface area contributed by atoms with E-state index in [9.17, 15) is 0 Å². The lowest BCUT2D eigenvalue weighted by Crippen LogP contribution is -2.17. The van der Waals surface area contributed by atoms with Crippen LogP contribution in [0.3, 0.4) is 0 Å². The van der Waals surface area contributed by atoms with Crippen molar-refractivity contribution in [2.24, 2.45) is 0 Å². The third kappa shape index (κ3) is 11.3. The molecule has 0 fully saturated rings. The molecule has 0 amide bonds. The summed E-state index contributed by atoms with van der Waals surface area (Å²) in [7, 11) is 0. The fraction of sp³-hybridized carbons (Fsp3) is 0.667. The van der Waals surface area contributed by atoms with E-state index in [4.69, 9.17) is 4.89 Å². The average molecular weight is 148 g/mol. The van der Waals surface area contributed by atoms with Gasteiger partial charge in [-0.05, 0) is 31.7 Å². The van der Waals surface area contributed by atoms with E-state index >= 15 is 0 Å². The van der Waals surface area contributed by atoms with E-state index in [1.54, 1.807) is 0 Å². The van der Waals surface area contributed by atoms with E-state index in [1.165, 1.54) is 6.26 Å². The molecule has 0 aliphatic heterocycles. The molecule has 0 aromatic carbocycles. The summed E-state index contributed by atoms with van der Waals surface area (Å²) in [6, 6.07) is 0. The molecule has 0 aliphatic rings. The van der Waals surface area contributed by atoms with Gasteiger partial charge in [-0.1, -0.05) is 6.58 Å². The molecule has 0 unspecified atom stereocenters. The lowest BCUT2D eigenvalue weighted by atomic mass is 10.2. The Kier molecular flexibility index (Phi) is 5.86. The summed E-state index contributed by atoms with van der Waals surface area (Å²) in [4.78, 5) is 9.22. The molecular formula is C6H16O2Si. The van der Waals surface area contributed by atoms with Crippen LogP contribution in [-0.2, 0) is 9.78 Å². The monoisotopic (exact) mass is 148 g/mol. The smallest absolute Gasteiger partial charge is 0.122 e. The number of hydrogen-bond acceptors (Lipinski definition) is 2. The summed E-state index contributed by atoms with van der Waals surface area (Å²) in [6.45, 7) is 9.01. The zero-order valence-corrected chi connectivity index (χ0v) is 5.60. The van der Waals surface area contributed by atoms with E-state index in [1.807, 2.05) is 20.8 Å². The second kappa shape index (κ2) is 4.58. The minimum atomic E-state index is -0.242. The normalized spacial score (nSPS) is 9.67. The Morgan fingerprint density at radius 2 is 1.78 bits per heavy atom. The van der Waals surface area contributed by atoms with Crippen molar-refractivity contribution in [3.8, 4) is 0 Å². The molecule has 0 aromatic rings. The highest BCUT2D eigenvalue weighted by Crippen LogP contribution is 2.06. The molecule has 0 rings (SSSR count). The van der Waals surface area contributed by atoms with Gasteiger partial charge in [0.1, 0.15) is 11.9 Å². The van der Waals surface area contributed by atoms with Crippen molar-refractivity contribution in [2.45, 2.75) is 26.4 Å². The summed E-state index contributed by atoms with van der Waals surface area (Å²) in [5, 5.41) is 0. The van der Waals surface area contributed by atoms with Crippen molar-refractivity contribution < 1.29 is 9.78 Å². The zero-order chi connectivity index (χ0) is 6.62. The largest absolute Gasteiger partial charge is 0.346 e. The lowest BCUT2D eigenvalue weighted by Gasteiger charge is -2.15. The number of hydrogen-bond donors (Lipinski definition) is 0. The fourth-order valence-electron chi connectivity index (χ4n) is 0.178. The Hall–Kier alpha value is -0.283. The molecule has 0 radical (unpaired) electrons. The molecule has 9 heavy (non-hydrogen) atoms. The first-order valence-electron chi connectivity index (χ1n) is 2.51. The van der Waals surface area contributed by atoms with Crippen molar-refractivity contribution in [3.63, 3.8) is 0 Å². The highest BCUT2D eigenvalue weighted by Gasteiger charge is 2.10. The highest BCUT2D eigenvalue weighted by atomic mass is 28.1. The first-order chi connectivity index (χ1) is 3.56. The minimum absolute atomic E-state index is 0. The van der Waals surface area contributed by atoms with Gasteiger partial charge in [0.2, 0.25) is 0 Å². The summed E-state index contributed by atoms with van der Waals surface area (Å²) in [5.74, 6) is 0. The molecule has 3 heteroatoms. The Morgan fingerprint density at radius 1 is 1.33 bits per heavy atom. The van der Waals surface area contributed by atoms with Crippen LogP contribution in [0.5, 0.6) is 0 Å². The van der Waals surface area contributed by atoms with Crippen LogP contribution in [-0.4, -0.2) is 16.6 Å². The van der Waals surface area contributed by atoms with Gasteiger partial charge in [-0.3, -0.25) is 0 Å². The van der Waals surface area contributed by atoms with Gasteiger partial charge in [0.25, 0.3) is 0 Å². The van der Waals surface area contributed by atoms with Gasteiger partial charge in [-0.15, -0.1) is 0 Å². The predicted octanol–water partition coefficient (Wildman–Crippen LogP) is 0.425. The van der Waals surface area contributed by atoms with Gasteiger partial charge in [0.05, 0.1) is 0 Å². The summed E-state index contributed by atoms with van der Waals surface area (Å²) >= 11 is 0. The van der Waals surface area contributed by atoms with Gasteiger partial charge in [0.15, 0.2) is 0 Å². The Morgan fingerprint density at radius 3 is 1.89 bits per heavy atom. The lowest BCUT2D eigenvalue weighted by molar-refractivity contribution is -0.310. The van der Waals surface area contributed by atoms with Gasteiger partial charge in [-0.2, -0.15) is 4.89 Å². The van der Waals surface area contributed by atoms with E-state index < -0.39 is 0 Å². The molecule has 0 atom stereocenters. The average Bonchev–Trinajstić information content (AvgIpc) is 1.59. The second-order valence-electron chi connectivity index (χ2n) is 2.46. The van der Waals surface area contributed by atoms with E-state index in [-0.39, 0.29) is 16.6 Å². The molecule has 0 saturated heterocycles. The van der Waals surface area contributed by atoms with Crippen LogP contribution >= 0.6 is 0 Å². The van der Waals surface area contributed by atoms with Gasteiger partial charge in [-0.25, -0.2) is 0 Å². The van der Waals surface area contributed by atoms with Gasteiger partial charge < -0.3 is 4.89 Å². The topological polar surface area (TPSA) is 18.5 Å². The SMILES string of the molecule is C=COOC(C)(C)C.[SiH4]. The summed E-state index contributed by atoms with van der Waals surface area (Å²) < 4.78 is 0. The predicted molar refractivity (Wildman–Crippen MR) is 43.5 cm³/mol. The van der Waals surface area contributed by atoms with E-state index in [0.29, 0.717) is 0 Å². The molecule has 2 nitrogen and oxygen atoms in total. The quantitative estimate of drug-likeness (QED) is 0.245. The molecular weight excluding hydrogens is 132 g/mol. The first kappa shape index (κ1) is 11.5. The Bertz CT molecular complexity index is 75.6. The minimum Gasteiger partial charge on any atom is -0.346 e. The standard InChI is InChI=1S/C6H12O2.H4Si/c1-5-7-8-6(2,3)4;/h5H,1H2,2-4H3;1H4. The molecule has 56 valence electrons. The first-order valence-corrected chi connectivity index (χ1v) is 2.51. The zero-order valence-electron chi connectivity index (χ0n) is 5.60. The maximum atomic E-state index is 4.76. The molecule has 0 saturated carbocycles. The van der Waals surface area contributed by atoms with Crippen molar-refractivity contribution in [1.29, 1.82) is 0 Å². The molecule has 0 heterocycles. The van der Waals surface area contributed by atoms with Crippen LogP contribution in [0.1, 0.15) is 20.8 Å². The van der Waals surface area contributed by atoms with Crippen molar-refractivity contribution in [2.75, 3.05) is 0 Å². The van der Waals surface area contributed by atoms with Crippen LogP contribution < -0.4 is 0 Å². The third-order valence-corrected chi connectivity index (χ3v) is 0.366. The number of rotatable bonds is 2. The molecule has 0 spiro atoms. The van der Waals surface area contributed by atoms with E-state index in [2.05, 4.69) is 11.5 Å². The van der Waals surface area contributed by atoms with Gasteiger partial charge in [0, 0.05) is 0 Å². The molecule has 0 bridgehead atoms. The fourth-order valence-corrected chi connectivity index (χ4v) is 0.178. The van der Waals surface area contributed by atoms with Crippen LogP contribution in [0.4, 0.5) is 0 Å². The maximum Gasteiger partial charge on any atom is 0.122 e.